The third kappa shape index (κ3) is 2.62. The van der Waals surface area contributed by atoms with Crippen LogP contribution in [0.15, 0.2) is 30.3 Å². The number of hydrogen-bond acceptors (Lipinski definition) is 4. The van der Waals surface area contributed by atoms with Crippen LogP contribution in [0.4, 0.5) is 0 Å². The third-order valence-electron chi connectivity index (χ3n) is 2.37. The standard InChI is InChI=1S/C12H10N2O3/c13-7-8-1-3-9(4-2-8)11-5-10(17-14-11)6-12(15)16/h1-5,10,14H,6H2,(H,15,16)/t10-/m1/s1. The lowest BCUT2D eigenvalue weighted by Gasteiger charge is -2.04. The van der Waals surface area contributed by atoms with Crippen molar-refractivity contribution >= 4 is 11.7 Å². The molecular formula is C12H10N2O3. The number of nitrogens with one attached hydrogen (secondary N) is 1. The highest BCUT2D eigenvalue weighted by molar-refractivity contribution is 5.70. The van der Waals surface area contributed by atoms with Crippen LogP contribution >= 0.6 is 0 Å². The average Bonchev–Trinajstić information content (AvgIpc) is 2.77. The Hall–Kier alpha value is -2.32. The lowest BCUT2D eigenvalue weighted by Crippen LogP contribution is -2.15. The van der Waals surface area contributed by atoms with Crippen molar-refractivity contribution in [2.45, 2.75) is 12.5 Å². The Labute approximate surface area is 97.9 Å². The Morgan fingerprint density at radius 1 is 1.47 bits per heavy atom. The molecule has 1 aromatic carbocycles. The van der Waals surface area contributed by atoms with E-state index in [4.69, 9.17) is 15.2 Å². The summed E-state index contributed by atoms with van der Waals surface area (Å²) in [6, 6.07) is 8.99. The molecule has 1 aliphatic rings. The quantitative estimate of drug-likeness (QED) is 0.817. The van der Waals surface area contributed by atoms with Crippen molar-refractivity contribution in [1.29, 1.82) is 5.26 Å². The van der Waals surface area contributed by atoms with Gasteiger partial charge in [-0.1, -0.05) is 12.1 Å². The van der Waals surface area contributed by atoms with Crippen molar-refractivity contribution in [3.8, 4) is 6.07 Å². The molecule has 0 spiro atoms. The van der Waals surface area contributed by atoms with Gasteiger partial charge in [0.2, 0.25) is 0 Å². The Kier molecular flexibility index (Phi) is 3.08. The van der Waals surface area contributed by atoms with Crippen molar-refractivity contribution in [2.75, 3.05) is 0 Å². The van der Waals surface area contributed by atoms with Gasteiger partial charge < -0.3 is 5.11 Å². The number of hydroxylamine groups is 1. The van der Waals surface area contributed by atoms with E-state index in [1.165, 1.54) is 0 Å². The number of rotatable bonds is 3. The highest BCUT2D eigenvalue weighted by Gasteiger charge is 2.19. The van der Waals surface area contributed by atoms with Gasteiger partial charge in [-0.25, -0.2) is 0 Å². The zero-order valence-corrected chi connectivity index (χ0v) is 8.88. The van der Waals surface area contributed by atoms with Gasteiger partial charge in [-0.05, 0) is 23.8 Å². The summed E-state index contributed by atoms with van der Waals surface area (Å²) in [6.07, 6.45) is 1.18. The Balaban J connectivity index is 2.13. The monoisotopic (exact) mass is 230 g/mol. The van der Waals surface area contributed by atoms with Crippen molar-refractivity contribution < 1.29 is 14.7 Å². The molecule has 2 N–H and O–H groups in total. The molecule has 0 fully saturated rings. The van der Waals surface area contributed by atoms with Gasteiger partial charge in [0.15, 0.2) is 0 Å². The van der Waals surface area contributed by atoms with Gasteiger partial charge >= 0.3 is 5.97 Å². The van der Waals surface area contributed by atoms with E-state index in [2.05, 4.69) is 5.48 Å². The van der Waals surface area contributed by atoms with Gasteiger partial charge in [-0.15, -0.1) is 0 Å². The Bertz CT molecular complexity index is 499. The van der Waals surface area contributed by atoms with E-state index < -0.39 is 12.1 Å². The van der Waals surface area contributed by atoms with Crippen LogP contribution in [0.5, 0.6) is 0 Å². The number of aliphatic carboxylic acids is 1. The molecule has 2 rings (SSSR count). The summed E-state index contributed by atoms with van der Waals surface area (Å²) in [5, 5.41) is 17.3. The summed E-state index contributed by atoms with van der Waals surface area (Å²) >= 11 is 0. The fourth-order valence-electron chi connectivity index (χ4n) is 1.55. The van der Waals surface area contributed by atoms with Crippen molar-refractivity contribution in [3.05, 3.63) is 41.5 Å². The van der Waals surface area contributed by atoms with Gasteiger partial charge in [0.05, 0.1) is 23.8 Å². The van der Waals surface area contributed by atoms with Crippen molar-refractivity contribution in [1.82, 2.24) is 5.48 Å². The third-order valence-corrected chi connectivity index (χ3v) is 2.37. The fourth-order valence-corrected chi connectivity index (χ4v) is 1.55. The maximum absolute atomic E-state index is 10.5. The topological polar surface area (TPSA) is 82.4 Å². The lowest BCUT2D eigenvalue weighted by atomic mass is 10.1. The van der Waals surface area contributed by atoms with E-state index in [1.54, 1.807) is 30.3 Å². The van der Waals surface area contributed by atoms with E-state index in [-0.39, 0.29) is 6.42 Å². The van der Waals surface area contributed by atoms with Crippen molar-refractivity contribution in [3.63, 3.8) is 0 Å². The second-order valence-corrected chi connectivity index (χ2v) is 3.63. The van der Waals surface area contributed by atoms with E-state index in [0.717, 1.165) is 11.3 Å². The van der Waals surface area contributed by atoms with Crippen LogP contribution in [-0.4, -0.2) is 17.2 Å². The minimum atomic E-state index is -0.908. The number of carboxylic acids is 1. The summed E-state index contributed by atoms with van der Waals surface area (Å²) < 4.78 is 0. The second-order valence-electron chi connectivity index (χ2n) is 3.63. The number of benzene rings is 1. The minimum absolute atomic E-state index is 0.0766. The van der Waals surface area contributed by atoms with Gasteiger partial charge in [-0.3, -0.25) is 15.1 Å². The van der Waals surface area contributed by atoms with Crippen LogP contribution in [0.25, 0.3) is 5.70 Å². The van der Waals surface area contributed by atoms with Crippen LogP contribution in [-0.2, 0) is 9.63 Å². The van der Waals surface area contributed by atoms with E-state index in [9.17, 15) is 4.79 Å². The summed E-state index contributed by atoms with van der Waals surface area (Å²) in [5.74, 6) is -0.908. The van der Waals surface area contributed by atoms with Gasteiger partial charge in [0.1, 0.15) is 6.10 Å². The highest BCUT2D eigenvalue weighted by Crippen LogP contribution is 2.20. The molecule has 17 heavy (non-hydrogen) atoms. The minimum Gasteiger partial charge on any atom is -0.481 e. The van der Waals surface area contributed by atoms with Crippen LogP contribution < -0.4 is 5.48 Å². The number of nitrogens with zero attached hydrogens (tertiary/aromatic N) is 1. The first-order chi connectivity index (χ1) is 8.19. The molecule has 0 saturated carbocycles. The van der Waals surface area contributed by atoms with Gasteiger partial charge in [0, 0.05) is 0 Å². The largest absolute Gasteiger partial charge is 0.481 e. The SMILES string of the molecule is N#Cc1ccc(C2=C[C@H](CC(=O)O)ON2)cc1. The van der Waals surface area contributed by atoms with Crippen LogP contribution in [0, 0.1) is 11.3 Å². The molecule has 1 aromatic rings. The first-order valence-corrected chi connectivity index (χ1v) is 5.05. The summed E-state index contributed by atoms with van der Waals surface area (Å²) in [6.45, 7) is 0. The van der Waals surface area contributed by atoms with Crippen LogP contribution in [0.3, 0.4) is 0 Å². The number of hydrogen-bond donors (Lipinski definition) is 2. The smallest absolute Gasteiger partial charge is 0.306 e. The zero-order chi connectivity index (χ0) is 12.3. The second kappa shape index (κ2) is 4.68. The van der Waals surface area contributed by atoms with Crippen LogP contribution in [0.2, 0.25) is 0 Å². The molecule has 0 radical (unpaired) electrons. The molecule has 0 saturated heterocycles. The van der Waals surface area contributed by atoms with Crippen LogP contribution in [0.1, 0.15) is 17.5 Å². The summed E-state index contributed by atoms with van der Waals surface area (Å²) in [5.41, 5.74) is 4.84. The van der Waals surface area contributed by atoms with Gasteiger partial charge in [0.25, 0.3) is 0 Å². The Morgan fingerprint density at radius 3 is 2.76 bits per heavy atom. The van der Waals surface area contributed by atoms with E-state index in [1.807, 2.05) is 6.07 Å². The zero-order valence-electron chi connectivity index (χ0n) is 8.88. The number of nitriles is 1. The van der Waals surface area contributed by atoms with Gasteiger partial charge in [-0.2, -0.15) is 5.26 Å². The fraction of sp³-hybridized carbons (Fsp3) is 0.167. The van der Waals surface area contributed by atoms with E-state index >= 15 is 0 Å². The average molecular weight is 230 g/mol. The molecule has 5 nitrogen and oxygen atoms in total. The molecule has 0 bridgehead atoms. The molecule has 0 amide bonds. The first kappa shape index (κ1) is 11.2. The lowest BCUT2D eigenvalue weighted by molar-refractivity contribution is -0.139. The Morgan fingerprint density at radius 2 is 2.18 bits per heavy atom. The molecule has 5 heteroatoms. The predicted molar refractivity (Wildman–Crippen MR) is 59.4 cm³/mol. The van der Waals surface area contributed by atoms with Crippen molar-refractivity contribution in [2.24, 2.45) is 0 Å². The number of carboxylic acid groups (broad SMARTS) is 1. The first-order valence-electron chi connectivity index (χ1n) is 5.05. The predicted octanol–water partition coefficient (Wildman–Crippen LogP) is 1.28. The summed E-state index contributed by atoms with van der Waals surface area (Å²) in [4.78, 5) is 15.6. The maximum atomic E-state index is 10.5. The molecule has 0 aromatic heterocycles. The number of carbonyl (C=O) groups is 1. The maximum Gasteiger partial charge on any atom is 0.306 e. The molecular weight excluding hydrogens is 220 g/mol. The molecule has 86 valence electrons. The molecule has 1 atom stereocenters. The normalized spacial score (nSPS) is 18.1. The molecule has 0 aliphatic carbocycles. The highest BCUT2D eigenvalue weighted by atomic mass is 16.7. The van der Waals surface area contributed by atoms with E-state index in [0.29, 0.717) is 5.56 Å². The molecule has 1 aliphatic heterocycles. The summed E-state index contributed by atoms with van der Waals surface area (Å²) in [7, 11) is 0. The molecule has 1 heterocycles. The molecule has 0 unspecified atom stereocenters.